The van der Waals surface area contributed by atoms with Gasteiger partial charge < -0.3 is 10.5 Å². The van der Waals surface area contributed by atoms with Gasteiger partial charge in [0.2, 0.25) is 11.6 Å². The minimum absolute atomic E-state index is 0.117. The fourth-order valence-electron chi connectivity index (χ4n) is 3.15. The summed E-state index contributed by atoms with van der Waals surface area (Å²) in [5.74, 6) is -1.57. The highest BCUT2D eigenvalue weighted by Gasteiger charge is 2.31. The molecule has 0 saturated heterocycles. The maximum Gasteiger partial charge on any atom is 0.416 e. The summed E-state index contributed by atoms with van der Waals surface area (Å²) >= 11 is 1.27. The molecule has 0 fully saturated rings. The van der Waals surface area contributed by atoms with E-state index in [2.05, 4.69) is 4.98 Å². The lowest BCUT2D eigenvalue weighted by molar-refractivity contribution is -0.384. The van der Waals surface area contributed by atoms with Gasteiger partial charge in [0, 0.05) is 30.0 Å². The van der Waals surface area contributed by atoms with Crippen LogP contribution in [0, 0.1) is 15.9 Å². The molecule has 0 aliphatic carbocycles. The van der Waals surface area contributed by atoms with Crippen LogP contribution in [-0.2, 0) is 23.8 Å². The van der Waals surface area contributed by atoms with Crippen LogP contribution in [0.1, 0.15) is 16.7 Å². The van der Waals surface area contributed by atoms with Crippen LogP contribution >= 0.6 is 11.8 Å². The van der Waals surface area contributed by atoms with E-state index in [-0.39, 0.29) is 29.3 Å². The molecule has 0 aliphatic rings. The predicted molar refractivity (Wildman–Crippen MR) is 117 cm³/mol. The van der Waals surface area contributed by atoms with Crippen LogP contribution in [0.5, 0.6) is 11.5 Å². The standard InChI is InChI=1S/C22H17F4N3O4S/c1-34-19-11-16(33-18-6-7-28-21(27)20(18)29(31)32)4-2-12(19)9-15(30)10-13-8-14(22(24,25)26)3-5-17(13)23/h2-8,11H,9-10H2,1H3,(H2,27,28). The maximum atomic E-state index is 14.0. The van der Waals surface area contributed by atoms with Crippen LogP contribution in [0.15, 0.2) is 53.6 Å². The Morgan fingerprint density at radius 1 is 1.15 bits per heavy atom. The van der Waals surface area contributed by atoms with Gasteiger partial charge in [0.25, 0.3) is 0 Å². The van der Waals surface area contributed by atoms with Crippen molar-refractivity contribution in [3.8, 4) is 11.5 Å². The lowest BCUT2D eigenvalue weighted by atomic mass is 10.0. The van der Waals surface area contributed by atoms with E-state index < -0.39 is 40.4 Å². The number of halogens is 4. The number of ether oxygens (including phenoxy) is 1. The zero-order valence-electron chi connectivity index (χ0n) is 17.6. The third-order valence-corrected chi connectivity index (χ3v) is 5.55. The molecule has 34 heavy (non-hydrogen) atoms. The first kappa shape index (κ1) is 25.0. The summed E-state index contributed by atoms with van der Waals surface area (Å²) in [4.78, 5) is 27.3. The van der Waals surface area contributed by atoms with Crippen LogP contribution in [-0.4, -0.2) is 21.9 Å². The smallest absolute Gasteiger partial charge is 0.416 e. The molecule has 178 valence electrons. The van der Waals surface area contributed by atoms with Gasteiger partial charge in [-0.25, -0.2) is 9.37 Å². The highest BCUT2D eigenvalue weighted by molar-refractivity contribution is 7.98. The van der Waals surface area contributed by atoms with E-state index >= 15 is 0 Å². The third kappa shape index (κ3) is 5.81. The second-order valence-corrected chi connectivity index (χ2v) is 7.92. The Morgan fingerprint density at radius 2 is 1.85 bits per heavy atom. The van der Waals surface area contributed by atoms with Gasteiger partial charge in [-0.2, -0.15) is 13.2 Å². The minimum atomic E-state index is -4.65. The van der Waals surface area contributed by atoms with E-state index in [0.29, 0.717) is 28.7 Å². The summed E-state index contributed by atoms with van der Waals surface area (Å²) in [6.45, 7) is 0. The molecule has 0 aliphatic heterocycles. The number of nitrogens with zero attached hydrogens (tertiary/aromatic N) is 2. The highest BCUT2D eigenvalue weighted by Crippen LogP contribution is 2.36. The van der Waals surface area contributed by atoms with Crippen molar-refractivity contribution in [3.05, 3.63) is 81.3 Å². The Labute approximate surface area is 195 Å². The second kappa shape index (κ2) is 10.1. The summed E-state index contributed by atoms with van der Waals surface area (Å²) in [7, 11) is 0. The summed E-state index contributed by atoms with van der Waals surface area (Å²) < 4.78 is 58.3. The number of carbonyl (C=O) groups is 1. The van der Waals surface area contributed by atoms with Crippen LogP contribution in [0.3, 0.4) is 0 Å². The monoisotopic (exact) mass is 495 g/mol. The summed E-state index contributed by atoms with van der Waals surface area (Å²) in [5, 5.41) is 11.3. The topological polar surface area (TPSA) is 108 Å². The highest BCUT2D eigenvalue weighted by atomic mass is 32.2. The van der Waals surface area contributed by atoms with Crippen molar-refractivity contribution in [1.29, 1.82) is 0 Å². The number of hydrogen-bond acceptors (Lipinski definition) is 7. The van der Waals surface area contributed by atoms with Crippen LogP contribution < -0.4 is 10.5 Å². The normalized spacial score (nSPS) is 11.3. The van der Waals surface area contributed by atoms with E-state index in [9.17, 15) is 32.5 Å². The van der Waals surface area contributed by atoms with Crippen molar-refractivity contribution in [1.82, 2.24) is 4.98 Å². The van der Waals surface area contributed by atoms with Gasteiger partial charge in [-0.1, -0.05) is 6.07 Å². The van der Waals surface area contributed by atoms with E-state index in [0.717, 1.165) is 0 Å². The molecule has 2 aromatic carbocycles. The number of carbonyl (C=O) groups excluding carboxylic acids is 1. The number of thioether (sulfide) groups is 1. The summed E-state index contributed by atoms with van der Waals surface area (Å²) in [6.07, 6.45) is -2.33. The van der Waals surface area contributed by atoms with Crippen molar-refractivity contribution in [2.45, 2.75) is 23.9 Å². The second-order valence-electron chi connectivity index (χ2n) is 7.07. The van der Waals surface area contributed by atoms with Gasteiger partial charge in [-0.05, 0) is 47.7 Å². The minimum Gasteiger partial charge on any atom is -0.450 e. The zero-order chi connectivity index (χ0) is 25.0. The molecule has 0 amide bonds. The molecular formula is C22H17F4N3O4S. The number of Topliss-reactive ketones (excluding diaryl/α,β-unsaturated/α-hetero) is 1. The Kier molecular flexibility index (Phi) is 7.40. The SMILES string of the molecule is CSc1cc(Oc2ccnc(N)c2[N+](=O)[O-])ccc1CC(=O)Cc1cc(C(F)(F)F)ccc1F. The van der Waals surface area contributed by atoms with E-state index in [1.54, 1.807) is 18.4 Å². The largest absolute Gasteiger partial charge is 0.450 e. The Hall–Kier alpha value is -3.67. The van der Waals surface area contributed by atoms with Gasteiger partial charge >= 0.3 is 11.9 Å². The molecule has 1 heterocycles. The van der Waals surface area contributed by atoms with Crippen molar-refractivity contribution in [2.75, 3.05) is 12.0 Å². The molecule has 0 saturated carbocycles. The van der Waals surface area contributed by atoms with E-state index in [1.807, 2.05) is 0 Å². The lowest BCUT2D eigenvalue weighted by Crippen LogP contribution is -2.11. The van der Waals surface area contributed by atoms with Crippen molar-refractivity contribution in [3.63, 3.8) is 0 Å². The molecule has 7 nitrogen and oxygen atoms in total. The predicted octanol–water partition coefficient (Wildman–Crippen LogP) is 5.60. The molecule has 0 unspecified atom stereocenters. The first-order chi connectivity index (χ1) is 16.0. The third-order valence-electron chi connectivity index (χ3n) is 4.73. The van der Waals surface area contributed by atoms with Crippen LogP contribution in [0.4, 0.5) is 29.1 Å². The maximum absolute atomic E-state index is 14.0. The van der Waals surface area contributed by atoms with E-state index in [4.69, 9.17) is 10.5 Å². The number of rotatable bonds is 8. The first-order valence-electron chi connectivity index (χ1n) is 9.60. The van der Waals surface area contributed by atoms with Gasteiger partial charge in [-0.15, -0.1) is 11.8 Å². The van der Waals surface area contributed by atoms with Crippen molar-refractivity contribution < 1.29 is 32.0 Å². The number of pyridine rings is 1. The molecule has 0 atom stereocenters. The number of alkyl halides is 3. The number of benzene rings is 2. The number of nitrogen functional groups attached to an aromatic ring is 1. The summed E-state index contributed by atoms with van der Waals surface area (Å²) in [5.41, 5.74) is 4.23. The zero-order valence-corrected chi connectivity index (χ0v) is 18.4. The molecule has 0 spiro atoms. The number of anilines is 1. The van der Waals surface area contributed by atoms with E-state index in [1.165, 1.54) is 30.1 Å². The fourth-order valence-corrected chi connectivity index (χ4v) is 3.79. The van der Waals surface area contributed by atoms with Crippen molar-refractivity contribution in [2.24, 2.45) is 0 Å². The van der Waals surface area contributed by atoms with Gasteiger partial charge in [0.1, 0.15) is 17.3 Å². The quantitative estimate of drug-likeness (QED) is 0.188. The molecule has 3 rings (SSSR count). The number of ketones is 1. The number of aromatic nitrogens is 1. The first-order valence-corrected chi connectivity index (χ1v) is 10.8. The average Bonchev–Trinajstić information content (AvgIpc) is 2.75. The lowest BCUT2D eigenvalue weighted by Gasteiger charge is -2.12. The average molecular weight is 495 g/mol. The van der Waals surface area contributed by atoms with Gasteiger partial charge in [-0.3, -0.25) is 14.9 Å². The number of nitrogens with two attached hydrogens (primary N) is 1. The van der Waals surface area contributed by atoms with Crippen LogP contribution in [0.25, 0.3) is 0 Å². The van der Waals surface area contributed by atoms with Gasteiger partial charge in [0.15, 0.2) is 0 Å². The van der Waals surface area contributed by atoms with Crippen molar-refractivity contribution >= 4 is 29.1 Å². The molecule has 3 aromatic rings. The Bertz CT molecular complexity index is 1250. The molecule has 1 aromatic heterocycles. The molecule has 12 heteroatoms. The Morgan fingerprint density at radius 3 is 2.50 bits per heavy atom. The fraction of sp³-hybridized carbons (Fsp3) is 0.182. The molecule has 0 bridgehead atoms. The molecular weight excluding hydrogens is 478 g/mol. The summed E-state index contributed by atoms with van der Waals surface area (Å²) in [6, 6.07) is 7.82. The van der Waals surface area contributed by atoms with Crippen LogP contribution in [0.2, 0.25) is 0 Å². The number of nitro groups is 1. The Balaban J connectivity index is 1.79. The number of hydrogen-bond donors (Lipinski definition) is 1. The molecule has 2 N–H and O–H groups in total. The molecule has 0 radical (unpaired) electrons. The van der Waals surface area contributed by atoms with Gasteiger partial charge in [0.05, 0.1) is 10.5 Å².